The summed E-state index contributed by atoms with van der Waals surface area (Å²) in [6, 6.07) is 6.71. The number of nitrogens with zero attached hydrogens (tertiary/aromatic N) is 1. The van der Waals surface area contributed by atoms with Crippen LogP contribution in [0.1, 0.15) is 32.4 Å². The number of benzene rings is 1. The van der Waals surface area contributed by atoms with Crippen LogP contribution >= 0.6 is 11.8 Å². The van der Waals surface area contributed by atoms with Gasteiger partial charge in [-0.05, 0) is 26.0 Å². The molecule has 0 saturated carbocycles. The van der Waals surface area contributed by atoms with Crippen molar-refractivity contribution in [2.75, 3.05) is 24.3 Å². The van der Waals surface area contributed by atoms with Crippen LogP contribution in [0.15, 0.2) is 18.2 Å². The molecule has 0 bridgehead atoms. The van der Waals surface area contributed by atoms with Gasteiger partial charge in [0.25, 0.3) is 0 Å². The zero-order valence-corrected chi connectivity index (χ0v) is 13.0. The fourth-order valence-electron chi connectivity index (χ4n) is 2.69. The van der Waals surface area contributed by atoms with Crippen molar-refractivity contribution in [3.63, 3.8) is 0 Å². The summed E-state index contributed by atoms with van der Waals surface area (Å²) < 4.78 is 5.49. The van der Waals surface area contributed by atoms with E-state index in [4.69, 9.17) is 10.5 Å². The highest BCUT2D eigenvalue weighted by Crippen LogP contribution is 2.37. The van der Waals surface area contributed by atoms with Gasteiger partial charge < -0.3 is 15.4 Å². The number of methoxy groups -OCH3 is 1. The third-order valence-corrected chi connectivity index (χ3v) is 5.25. The standard InChI is InChI=1S/C15H24N2OS/c1-10(16)15-13(6-5-7-14(15)18-4)17-8-9-19-12(3)11(17)2/h5-7,10-12H,8-9,16H2,1-4H3/t10-,11?,12?/m0/s1. The Morgan fingerprint density at radius 2 is 2.16 bits per heavy atom. The number of hydrogen-bond acceptors (Lipinski definition) is 4. The van der Waals surface area contributed by atoms with Gasteiger partial charge in [-0.2, -0.15) is 11.8 Å². The first-order chi connectivity index (χ1) is 9.06. The molecule has 0 spiro atoms. The molecule has 19 heavy (non-hydrogen) atoms. The fraction of sp³-hybridized carbons (Fsp3) is 0.600. The van der Waals surface area contributed by atoms with E-state index in [1.165, 1.54) is 11.4 Å². The maximum absolute atomic E-state index is 6.17. The molecule has 1 aromatic rings. The van der Waals surface area contributed by atoms with Crippen LogP contribution in [0, 0.1) is 0 Å². The van der Waals surface area contributed by atoms with Crippen molar-refractivity contribution in [1.29, 1.82) is 0 Å². The average Bonchev–Trinajstić information content (AvgIpc) is 2.40. The summed E-state index contributed by atoms with van der Waals surface area (Å²) in [5.41, 5.74) is 8.52. The van der Waals surface area contributed by atoms with Gasteiger partial charge in [0.1, 0.15) is 5.75 Å². The van der Waals surface area contributed by atoms with Crippen LogP contribution in [0.2, 0.25) is 0 Å². The Morgan fingerprint density at radius 3 is 2.79 bits per heavy atom. The highest BCUT2D eigenvalue weighted by molar-refractivity contribution is 8.00. The lowest BCUT2D eigenvalue weighted by atomic mass is 10.0. The third kappa shape index (κ3) is 2.84. The fourth-order valence-corrected chi connectivity index (χ4v) is 3.79. The van der Waals surface area contributed by atoms with Crippen LogP contribution in [-0.4, -0.2) is 30.7 Å². The van der Waals surface area contributed by atoms with Gasteiger partial charge in [-0.3, -0.25) is 0 Å². The molecule has 4 heteroatoms. The monoisotopic (exact) mass is 280 g/mol. The number of ether oxygens (including phenoxy) is 1. The van der Waals surface area contributed by atoms with Crippen molar-refractivity contribution >= 4 is 17.4 Å². The Balaban J connectivity index is 2.43. The van der Waals surface area contributed by atoms with E-state index in [1.807, 2.05) is 24.8 Å². The summed E-state index contributed by atoms with van der Waals surface area (Å²) in [5, 5.41) is 0.640. The van der Waals surface area contributed by atoms with Gasteiger partial charge in [-0.1, -0.05) is 13.0 Å². The average molecular weight is 280 g/mol. The zero-order valence-electron chi connectivity index (χ0n) is 12.2. The molecule has 0 amide bonds. The molecular formula is C15H24N2OS. The van der Waals surface area contributed by atoms with Crippen molar-refractivity contribution in [3.8, 4) is 5.75 Å². The van der Waals surface area contributed by atoms with Gasteiger partial charge >= 0.3 is 0 Å². The maximum atomic E-state index is 6.17. The van der Waals surface area contributed by atoms with E-state index in [9.17, 15) is 0 Å². The number of anilines is 1. The second kappa shape index (κ2) is 6.06. The van der Waals surface area contributed by atoms with Crippen molar-refractivity contribution in [2.24, 2.45) is 5.73 Å². The van der Waals surface area contributed by atoms with Crippen molar-refractivity contribution in [3.05, 3.63) is 23.8 Å². The summed E-state index contributed by atoms with van der Waals surface area (Å²) in [6.07, 6.45) is 0. The summed E-state index contributed by atoms with van der Waals surface area (Å²) in [6.45, 7) is 7.69. The molecule has 1 saturated heterocycles. The number of thioether (sulfide) groups is 1. The molecule has 1 aromatic carbocycles. The van der Waals surface area contributed by atoms with Gasteiger partial charge in [0.2, 0.25) is 0 Å². The van der Waals surface area contributed by atoms with Crippen LogP contribution in [0.5, 0.6) is 5.75 Å². The first kappa shape index (κ1) is 14.5. The second-order valence-corrected chi connectivity index (χ2v) is 6.68. The lowest BCUT2D eigenvalue weighted by molar-refractivity contribution is 0.406. The first-order valence-electron chi connectivity index (χ1n) is 6.87. The molecule has 2 rings (SSSR count). The van der Waals surface area contributed by atoms with E-state index in [-0.39, 0.29) is 6.04 Å². The predicted molar refractivity (Wildman–Crippen MR) is 84.3 cm³/mol. The first-order valence-corrected chi connectivity index (χ1v) is 7.91. The van der Waals surface area contributed by atoms with E-state index in [0.29, 0.717) is 11.3 Å². The molecule has 106 valence electrons. The molecule has 0 radical (unpaired) electrons. The van der Waals surface area contributed by atoms with E-state index < -0.39 is 0 Å². The van der Waals surface area contributed by atoms with Crippen LogP contribution < -0.4 is 15.4 Å². The Labute approximate surface area is 120 Å². The van der Waals surface area contributed by atoms with Crippen LogP contribution in [-0.2, 0) is 0 Å². The van der Waals surface area contributed by atoms with Gasteiger partial charge in [0.05, 0.1) is 7.11 Å². The minimum Gasteiger partial charge on any atom is -0.496 e. The molecule has 1 aliphatic rings. The summed E-state index contributed by atoms with van der Waals surface area (Å²) in [5.74, 6) is 2.06. The molecular weight excluding hydrogens is 256 g/mol. The number of rotatable bonds is 3. The highest BCUT2D eigenvalue weighted by atomic mass is 32.2. The third-order valence-electron chi connectivity index (χ3n) is 3.91. The molecule has 2 N–H and O–H groups in total. The van der Waals surface area contributed by atoms with Crippen LogP contribution in [0.4, 0.5) is 5.69 Å². The molecule has 3 nitrogen and oxygen atoms in total. The molecule has 2 unspecified atom stereocenters. The zero-order chi connectivity index (χ0) is 14.0. The maximum Gasteiger partial charge on any atom is 0.125 e. The molecule has 0 aliphatic carbocycles. The van der Waals surface area contributed by atoms with Crippen molar-refractivity contribution < 1.29 is 4.74 Å². The van der Waals surface area contributed by atoms with Gasteiger partial charge in [-0.25, -0.2) is 0 Å². The predicted octanol–water partition coefficient (Wildman–Crippen LogP) is 3.05. The molecule has 0 aromatic heterocycles. The Kier molecular flexibility index (Phi) is 4.63. The van der Waals surface area contributed by atoms with Crippen LogP contribution in [0.3, 0.4) is 0 Å². The minimum atomic E-state index is -0.0248. The topological polar surface area (TPSA) is 38.5 Å². The summed E-state index contributed by atoms with van der Waals surface area (Å²) in [4.78, 5) is 2.47. The van der Waals surface area contributed by atoms with E-state index in [1.54, 1.807) is 7.11 Å². The van der Waals surface area contributed by atoms with Crippen molar-refractivity contribution in [1.82, 2.24) is 0 Å². The molecule has 1 heterocycles. The normalized spacial score (nSPS) is 25.2. The molecule has 1 fully saturated rings. The second-order valence-electron chi connectivity index (χ2n) is 5.19. The Bertz CT molecular complexity index is 436. The van der Waals surface area contributed by atoms with Gasteiger partial charge in [0.15, 0.2) is 0 Å². The lowest BCUT2D eigenvalue weighted by Gasteiger charge is -2.40. The van der Waals surface area contributed by atoms with Crippen LogP contribution in [0.25, 0.3) is 0 Å². The van der Waals surface area contributed by atoms with E-state index >= 15 is 0 Å². The minimum absolute atomic E-state index is 0.0248. The van der Waals surface area contributed by atoms with Gasteiger partial charge in [-0.15, -0.1) is 0 Å². The smallest absolute Gasteiger partial charge is 0.125 e. The van der Waals surface area contributed by atoms with Crippen molar-refractivity contribution in [2.45, 2.75) is 38.1 Å². The molecule has 1 aliphatic heterocycles. The Hall–Kier alpha value is -0.870. The quantitative estimate of drug-likeness (QED) is 0.923. The lowest BCUT2D eigenvalue weighted by Crippen LogP contribution is -2.45. The number of nitrogens with two attached hydrogens (primary N) is 1. The molecule has 3 atom stereocenters. The Morgan fingerprint density at radius 1 is 1.42 bits per heavy atom. The summed E-state index contributed by atoms with van der Waals surface area (Å²) >= 11 is 2.04. The van der Waals surface area contributed by atoms with E-state index in [0.717, 1.165) is 17.9 Å². The SMILES string of the molecule is COc1cccc(N2CCSC(C)C2C)c1[C@H](C)N. The van der Waals surface area contributed by atoms with E-state index in [2.05, 4.69) is 30.9 Å². The summed E-state index contributed by atoms with van der Waals surface area (Å²) in [7, 11) is 1.71. The van der Waals surface area contributed by atoms with Gasteiger partial charge in [0, 0.05) is 40.9 Å². The number of hydrogen-bond donors (Lipinski definition) is 1. The highest BCUT2D eigenvalue weighted by Gasteiger charge is 2.28. The largest absolute Gasteiger partial charge is 0.496 e.